The molecule has 1 atom stereocenters. The molecular weight excluding hydrogens is 240 g/mol. The minimum Gasteiger partial charge on any atom is -0.494 e. The van der Waals surface area contributed by atoms with Crippen molar-refractivity contribution >= 4 is 24.2 Å². The van der Waals surface area contributed by atoms with E-state index in [1.807, 2.05) is 25.1 Å². The van der Waals surface area contributed by atoms with E-state index in [-0.39, 0.29) is 0 Å². The average Bonchev–Trinajstić information content (AvgIpc) is 2.24. The molecule has 16 heavy (non-hydrogen) atoms. The predicted octanol–water partition coefficient (Wildman–Crippen LogP) is 4.37. The quantitative estimate of drug-likeness (QED) is 0.746. The zero-order valence-electron chi connectivity index (χ0n) is 9.87. The van der Waals surface area contributed by atoms with Crippen molar-refractivity contribution in [2.24, 2.45) is 5.92 Å². The van der Waals surface area contributed by atoms with Crippen LogP contribution in [0.25, 0.3) is 0 Å². The van der Waals surface area contributed by atoms with Crippen LogP contribution < -0.4 is 4.74 Å². The normalized spacial score (nSPS) is 12.5. The SMILES string of the molecule is Cc1cc(OCCC(C)CCS)ccc1Cl. The van der Waals surface area contributed by atoms with Crippen LogP contribution in [0.1, 0.15) is 25.3 Å². The molecule has 0 saturated heterocycles. The second-order valence-corrected chi connectivity index (χ2v) is 5.02. The standard InChI is InChI=1S/C13H19ClOS/c1-10(6-8-16)5-7-15-12-3-4-13(14)11(2)9-12/h3-4,9-10,16H,5-8H2,1-2H3. The summed E-state index contributed by atoms with van der Waals surface area (Å²) in [6.45, 7) is 4.97. The highest BCUT2D eigenvalue weighted by atomic mass is 35.5. The van der Waals surface area contributed by atoms with Crippen LogP contribution in [0, 0.1) is 12.8 Å². The van der Waals surface area contributed by atoms with Crippen LogP contribution in [0.5, 0.6) is 5.75 Å². The van der Waals surface area contributed by atoms with E-state index in [1.54, 1.807) is 0 Å². The molecule has 1 nitrogen and oxygen atoms in total. The molecule has 1 unspecified atom stereocenters. The van der Waals surface area contributed by atoms with E-state index in [2.05, 4.69) is 19.6 Å². The van der Waals surface area contributed by atoms with Gasteiger partial charge in [0.1, 0.15) is 5.75 Å². The van der Waals surface area contributed by atoms with Gasteiger partial charge in [-0.15, -0.1) is 0 Å². The maximum Gasteiger partial charge on any atom is 0.119 e. The largest absolute Gasteiger partial charge is 0.494 e. The molecule has 1 aromatic carbocycles. The fourth-order valence-electron chi connectivity index (χ4n) is 1.45. The molecule has 0 saturated carbocycles. The molecule has 0 aliphatic rings. The summed E-state index contributed by atoms with van der Waals surface area (Å²) in [5.74, 6) is 2.52. The predicted molar refractivity (Wildman–Crippen MR) is 73.9 cm³/mol. The number of benzene rings is 1. The summed E-state index contributed by atoms with van der Waals surface area (Å²) < 4.78 is 5.68. The van der Waals surface area contributed by atoms with E-state index < -0.39 is 0 Å². The van der Waals surface area contributed by atoms with E-state index in [4.69, 9.17) is 16.3 Å². The van der Waals surface area contributed by atoms with Crippen LogP contribution in [-0.2, 0) is 0 Å². The molecule has 0 aliphatic carbocycles. The first kappa shape index (κ1) is 13.7. The Morgan fingerprint density at radius 1 is 1.38 bits per heavy atom. The molecule has 3 heteroatoms. The summed E-state index contributed by atoms with van der Waals surface area (Å²) in [5, 5.41) is 0.788. The molecule has 1 rings (SSSR count). The molecule has 90 valence electrons. The summed E-state index contributed by atoms with van der Waals surface area (Å²) in [5.41, 5.74) is 1.06. The van der Waals surface area contributed by atoms with Gasteiger partial charge in [0.2, 0.25) is 0 Å². The Kier molecular flexibility index (Phi) is 6.07. The molecule has 1 aromatic rings. The van der Waals surface area contributed by atoms with Gasteiger partial charge >= 0.3 is 0 Å². The summed E-state index contributed by atoms with van der Waals surface area (Å²) in [4.78, 5) is 0. The second kappa shape index (κ2) is 7.08. The van der Waals surface area contributed by atoms with Gasteiger partial charge in [-0.25, -0.2) is 0 Å². The molecule has 0 fully saturated rings. The van der Waals surface area contributed by atoms with E-state index in [1.165, 1.54) is 0 Å². The van der Waals surface area contributed by atoms with Crippen molar-refractivity contribution in [1.82, 2.24) is 0 Å². The summed E-state index contributed by atoms with van der Waals surface area (Å²) in [7, 11) is 0. The van der Waals surface area contributed by atoms with Gasteiger partial charge in [-0.2, -0.15) is 12.6 Å². The second-order valence-electron chi connectivity index (χ2n) is 4.17. The highest BCUT2D eigenvalue weighted by Crippen LogP contribution is 2.21. The smallest absolute Gasteiger partial charge is 0.119 e. The highest BCUT2D eigenvalue weighted by molar-refractivity contribution is 7.80. The monoisotopic (exact) mass is 258 g/mol. The lowest BCUT2D eigenvalue weighted by atomic mass is 10.1. The van der Waals surface area contributed by atoms with Crippen LogP contribution in [0.3, 0.4) is 0 Å². The van der Waals surface area contributed by atoms with Gasteiger partial charge in [-0.05, 0) is 55.2 Å². The zero-order chi connectivity index (χ0) is 12.0. The van der Waals surface area contributed by atoms with Crippen LogP contribution in [0.2, 0.25) is 5.02 Å². The topological polar surface area (TPSA) is 9.23 Å². The van der Waals surface area contributed by atoms with Crippen molar-refractivity contribution in [2.45, 2.75) is 26.7 Å². The Labute approximate surface area is 109 Å². The lowest BCUT2D eigenvalue weighted by Gasteiger charge is -2.11. The number of hydrogen-bond acceptors (Lipinski definition) is 2. The van der Waals surface area contributed by atoms with E-state index in [0.29, 0.717) is 5.92 Å². The molecular formula is C13H19ClOS. The third kappa shape index (κ3) is 4.67. The summed E-state index contributed by atoms with van der Waals surface area (Å²) >= 11 is 10.2. The summed E-state index contributed by atoms with van der Waals surface area (Å²) in [6, 6.07) is 5.77. The van der Waals surface area contributed by atoms with Gasteiger partial charge < -0.3 is 4.74 Å². The minimum atomic E-state index is 0.672. The number of rotatable bonds is 6. The first-order chi connectivity index (χ1) is 7.63. The van der Waals surface area contributed by atoms with Gasteiger partial charge in [-0.1, -0.05) is 18.5 Å². The van der Waals surface area contributed by atoms with E-state index in [0.717, 1.165) is 41.5 Å². The molecule has 0 bridgehead atoms. The minimum absolute atomic E-state index is 0.672. The summed E-state index contributed by atoms with van der Waals surface area (Å²) in [6.07, 6.45) is 2.22. The molecule has 0 aromatic heterocycles. The van der Waals surface area contributed by atoms with Crippen LogP contribution in [0.15, 0.2) is 18.2 Å². The molecule has 0 amide bonds. The molecule has 0 aliphatic heterocycles. The Bertz CT molecular complexity index is 328. The van der Waals surface area contributed by atoms with Crippen molar-refractivity contribution in [1.29, 1.82) is 0 Å². The lowest BCUT2D eigenvalue weighted by Crippen LogP contribution is -2.04. The van der Waals surface area contributed by atoms with Gasteiger partial charge in [0, 0.05) is 5.02 Å². The van der Waals surface area contributed by atoms with Crippen molar-refractivity contribution in [3.05, 3.63) is 28.8 Å². The zero-order valence-corrected chi connectivity index (χ0v) is 11.5. The lowest BCUT2D eigenvalue weighted by molar-refractivity contribution is 0.282. The molecule has 0 heterocycles. The van der Waals surface area contributed by atoms with Gasteiger partial charge in [0.05, 0.1) is 6.61 Å². The van der Waals surface area contributed by atoms with Gasteiger partial charge in [0.15, 0.2) is 0 Å². The fourth-order valence-corrected chi connectivity index (χ4v) is 2.01. The molecule has 0 N–H and O–H groups in total. The first-order valence-electron chi connectivity index (χ1n) is 5.63. The number of ether oxygens (including phenoxy) is 1. The van der Waals surface area contributed by atoms with Gasteiger partial charge in [-0.3, -0.25) is 0 Å². The van der Waals surface area contributed by atoms with Crippen molar-refractivity contribution < 1.29 is 4.74 Å². The molecule has 0 spiro atoms. The number of hydrogen-bond donors (Lipinski definition) is 1. The van der Waals surface area contributed by atoms with Crippen LogP contribution >= 0.6 is 24.2 Å². The third-order valence-electron chi connectivity index (χ3n) is 2.63. The number of halogens is 1. The number of thiol groups is 1. The number of aryl methyl sites for hydroxylation is 1. The average molecular weight is 259 g/mol. The fraction of sp³-hybridized carbons (Fsp3) is 0.538. The van der Waals surface area contributed by atoms with Crippen molar-refractivity contribution in [2.75, 3.05) is 12.4 Å². The van der Waals surface area contributed by atoms with Crippen LogP contribution in [-0.4, -0.2) is 12.4 Å². The molecule has 0 radical (unpaired) electrons. The Morgan fingerprint density at radius 2 is 2.12 bits per heavy atom. The maximum absolute atomic E-state index is 5.94. The Hall–Kier alpha value is -0.340. The van der Waals surface area contributed by atoms with Crippen molar-refractivity contribution in [3.63, 3.8) is 0 Å². The van der Waals surface area contributed by atoms with E-state index >= 15 is 0 Å². The maximum atomic E-state index is 5.94. The Balaban J connectivity index is 2.34. The first-order valence-corrected chi connectivity index (χ1v) is 6.64. The third-order valence-corrected chi connectivity index (χ3v) is 3.31. The Morgan fingerprint density at radius 3 is 2.75 bits per heavy atom. The highest BCUT2D eigenvalue weighted by Gasteiger charge is 2.02. The van der Waals surface area contributed by atoms with Crippen LogP contribution in [0.4, 0.5) is 0 Å². The van der Waals surface area contributed by atoms with Crippen molar-refractivity contribution in [3.8, 4) is 5.75 Å². The van der Waals surface area contributed by atoms with E-state index in [9.17, 15) is 0 Å². The van der Waals surface area contributed by atoms with Gasteiger partial charge in [0.25, 0.3) is 0 Å².